The molecule has 9 heteroatoms. The molecule has 2 unspecified atom stereocenters. The number of aromatic nitrogens is 2. The highest BCUT2D eigenvalue weighted by atomic mass is 16.6. The van der Waals surface area contributed by atoms with Crippen LogP contribution >= 0.6 is 0 Å². The van der Waals surface area contributed by atoms with Gasteiger partial charge in [0.25, 0.3) is 0 Å². The molecule has 0 aliphatic carbocycles. The van der Waals surface area contributed by atoms with E-state index in [0.717, 1.165) is 19.4 Å². The van der Waals surface area contributed by atoms with E-state index in [1.54, 1.807) is 11.0 Å². The summed E-state index contributed by atoms with van der Waals surface area (Å²) in [6, 6.07) is 4.23. The largest absolute Gasteiger partial charge is 0.459 e. The molecule has 1 aromatic rings. The molecule has 2 aliphatic heterocycles. The Hall–Kier alpha value is -2.60. The van der Waals surface area contributed by atoms with Crippen molar-refractivity contribution in [1.82, 2.24) is 19.8 Å². The quantitative estimate of drug-likeness (QED) is 0.699. The molecule has 0 radical (unpaired) electrons. The second kappa shape index (κ2) is 9.49. The summed E-state index contributed by atoms with van der Waals surface area (Å²) >= 11 is 0. The van der Waals surface area contributed by atoms with E-state index in [1.165, 1.54) is 0 Å². The molecule has 1 aromatic heterocycles. The normalized spacial score (nSPS) is 25.4. The first kappa shape index (κ1) is 24.1. The molecule has 32 heavy (non-hydrogen) atoms. The predicted octanol–water partition coefficient (Wildman–Crippen LogP) is 3.04. The zero-order valence-electron chi connectivity index (χ0n) is 20.3. The molecule has 2 fully saturated rings. The van der Waals surface area contributed by atoms with Crippen LogP contribution in [0.5, 0.6) is 6.01 Å². The summed E-state index contributed by atoms with van der Waals surface area (Å²) in [5.74, 6) is 0.640. The van der Waals surface area contributed by atoms with Crippen LogP contribution in [0.25, 0.3) is 0 Å². The molecule has 2 aliphatic rings. The highest BCUT2D eigenvalue weighted by molar-refractivity contribution is 5.69. The minimum atomic E-state index is -0.540. The molecule has 0 bridgehead atoms. The van der Waals surface area contributed by atoms with E-state index >= 15 is 0 Å². The average Bonchev–Trinajstić information content (AvgIpc) is 3.14. The van der Waals surface area contributed by atoms with Crippen molar-refractivity contribution in [2.75, 3.05) is 31.6 Å². The number of hydrogen-bond acceptors (Lipinski definition) is 8. The van der Waals surface area contributed by atoms with Gasteiger partial charge in [-0.25, -0.2) is 4.79 Å². The SMILES string of the molecule is CC1C(C)N(c2cc(C#N)nc(O[C@@H](C)[C@@H]3CCCN3C)n2)CCN1C(=O)OC(C)(C)C. The van der Waals surface area contributed by atoms with Crippen LogP contribution in [0.3, 0.4) is 0 Å². The summed E-state index contributed by atoms with van der Waals surface area (Å²) in [4.78, 5) is 27.7. The van der Waals surface area contributed by atoms with E-state index in [4.69, 9.17) is 9.47 Å². The van der Waals surface area contributed by atoms with Gasteiger partial charge in [0, 0.05) is 31.2 Å². The molecule has 3 rings (SSSR count). The van der Waals surface area contributed by atoms with Crippen LogP contribution in [0, 0.1) is 11.3 Å². The van der Waals surface area contributed by atoms with Crippen molar-refractivity contribution in [3.05, 3.63) is 11.8 Å². The van der Waals surface area contributed by atoms with Crippen molar-refractivity contribution in [2.24, 2.45) is 0 Å². The third-order valence-corrected chi connectivity index (χ3v) is 6.40. The van der Waals surface area contributed by atoms with Gasteiger partial charge in [0.15, 0.2) is 0 Å². The Morgan fingerprint density at radius 3 is 2.53 bits per heavy atom. The monoisotopic (exact) mass is 444 g/mol. The molecule has 0 spiro atoms. The second-order valence-corrected chi connectivity index (χ2v) is 9.87. The van der Waals surface area contributed by atoms with Crippen molar-refractivity contribution in [3.8, 4) is 12.1 Å². The number of hydrogen-bond donors (Lipinski definition) is 0. The van der Waals surface area contributed by atoms with Gasteiger partial charge in [0.2, 0.25) is 0 Å². The van der Waals surface area contributed by atoms with Gasteiger partial charge in [-0.3, -0.25) is 4.90 Å². The van der Waals surface area contributed by atoms with Crippen molar-refractivity contribution in [3.63, 3.8) is 0 Å². The topological polar surface area (TPSA) is 94.8 Å². The van der Waals surface area contributed by atoms with E-state index in [0.29, 0.717) is 24.9 Å². The molecule has 0 N–H and O–H groups in total. The maximum absolute atomic E-state index is 12.6. The second-order valence-electron chi connectivity index (χ2n) is 9.87. The Morgan fingerprint density at radius 2 is 1.94 bits per heavy atom. The zero-order valence-corrected chi connectivity index (χ0v) is 20.3. The molecular formula is C23H36N6O3. The smallest absolute Gasteiger partial charge is 0.410 e. The lowest BCUT2D eigenvalue weighted by Gasteiger charge is -2.45. The molecule has 0 saturated carbocycles. The maximum atomic E-state index is 12.6. The lowest BCUT2D eigenvalue weighted by molar-refractivity contribution is 0.0119. The van der Waals surface area contributed by atoms with Gasteiger partial charge in [0.05, 0.1) is 6.04 Å². The van der Waals surface area contributed by atoms with Gasteiger partial charge >= 0.3 is 12.1 Å². The average molecular weight is 445 g/mol. The van der Waals surface area contributed by atoms with Gasteiger partial charge < -0.3 is 19.3 Å². The van der Waals surface area contributed by atoms with E-state index in [-0.39, 0.29) is 36.0 Å². The summed E-state index contributed by atoms with van der Waals surface area (Å²) < 4.78 is 11.7. The number of nitrogens with zero attached hydrogens (tertiary/aromatic N) is 6. The first-order chi connectivity index (χ1) is 15.0. The van der Waals surface area contributed by atoms with Crippen LogP contribution in [0.15, 0.2) is 6.07 Å². The van der Waals surface area contributed by atoms with Gasteiger partial charge in [0.1, 0.15) is 29.3 Å². The number of ether oxygens (including phenoxy) is 2. The molecule has 4 atom stereocenters. The first-order valence-electron chi connectivity index (χ1n) is 11.4. The summed E-state index contributed by atoms with van der Waals surface area (Å²) in [6.45, 7) is 13.8. The van der Waals surface area contributed by atoms with Gasteiger partial charge in [-0.1, -0.05) is 0 Å². The van der Waals surface area contributed by atoms with Crippen molar-refractivity contribution in [1.29, 1.82) is 5.26 Å². The Balaban J connectivity index is 1.77. The van der Waals surface area contributed by atoms with Crippen molar-refractivity contribution in [2.45, 2.75) is 84.2 Å². The van der Waals surface area contributed by atoms with Crippen LogP contribution in [-0.2, 0) is 4.74 Å². The number of likely N-dealkylation sites (tertiary alicyclic amines) is 1. The number of carbonyl (C=O) groups is 1. The van der Waals surface area contributed by atoms with Gasteiger partial charge in [-0.05, 0) is 68.0 Å². The van der Waals surface area contributed by atoms with Crippen LogP contribution in [0.1, 0.15) is 60.1 Å². The van der Waals surface area contributed by atoms with Crippen molar-refractivity contribution >= 4 is 11.9 Å². The third-order valence-electron chi connectivity index (χ3n) is 6.40. The molecule has 9 nitrogen and oxygen atoms in total. The van der Waals surface area contributed by atoms with Gasteiger partial charge in [-0.15, -0.1) is 0 Å². The third kappa shape index (κ3) is 5.41. The fourth-order valence-electron chi connectivity index (χ4n) is 4.49. The van der Waals surface area contributed by atoms with E-state index in [2.05, 4.69) is 32.9 Å². The van der Waals surface area contributed by atoms with Crippen LogP contribution in [-0.4, -0.2) is 82.4 Å². The lowest BCUT2D eigenvalue weighted by atomic mass is 10.1. The predicted molar refractivity (Wildman–Crippen MR) is 122 cm³/mol. The van der Waals surface area contributed by atoms with E-state index < -0.39 is 5.60 Å². The highest BCUT2D eigenvalue weighted by Crippen LogP contribution is 2.27. The Morgan fingerprint density at radius 1 is 1.22 bits per heavy atom. The summed E-state index contributed by atoms with van der Waals surface area (Å²) in [7, 11) is 2.10. The number of carbonyl (C=O) groups excluding carboxylic acids is 1. The zero-order chi connectivity index (χ0) is 23.6. The highest BCUT2D eigenvalue weighted by Gasteiger charge is 2.37. The van der Waals surface area contributed by atoms with Gasteiger partial charge in [-0.2, -0.15) is 15.2 Å². The molecule has 0 aromatic carbocycles. The molecule has 2 saturated heterocycles. The van der Waals surface area contributed by atoms with Crippen LogP contribution in [0.4, 0.5) is 10.6 Å². The number of likely N-dealkylation sites (N-methyl/N-ethyl adjacent to an activating group) is 1. The lowest BCUT2D eigenvalue weighted by Crippen LogP contribution is -2.60. The first-order valence-corrected chi connectivity index (χ1v) is 11.4. The fourth-order valence-corrected chi connectivity index (χ4v) is 4.49. The Bertz CT molecular complexity index is 864. The number of nitriles is 1. The summed E-state index contributed by atoms with van der Waals surface area (Å²) in [5.41, 5.74) is -0.270. The Labute approximate surface area is 191 Å². The molecular weight excluding hydrogens is 408 g/mol. The van der Waals surface area contributed by atoms with Crippen LogP contribution in [0.2, 0.25) is 0 Å². The van der Waals surface area contributed by atoms with E-state index in [9.17, 15) is 10.1 Å². The molecule has 3 heterocycles. The Kier molecular flexibility index (Phi) is 7.13. The maximum Gasteiger partial charge on any atom is 0.410 e. The fraction of sp³-hybridized carbons (Fsp3) is 0.739. The number of anilines is 1. The minimum absolute atomic E-state index is 0.0241. The number of piperazine rings is 1. The van der Waals surface area contributed by atoms with E-state index in [1.807, 2.05) is 41.5 Å². The number of amides is 1. The van der Waals surface area contributed by atoms with Crippen molar-refractivity contribution < 1.29 is 14.3 Å². The number of rotatable bonds is 4. The van der Waals surface area contributed by atoms with Crippen LogP contribution < -0.4 is 9.64 Å². The molecule has 1 amide bonds. The summed E-state index contributed by atoms with van der Waals surface area (Å²) in [6.07, 6.45) is 1.83. The standard InChI is InChI=1S/C23H36N6O3/c1-15-16(2)29(22(30)32-23(4,5)6)12-11-28(15)20-13-18(14-24)25-21(26-20)31-17(3)19-9-8-10-27(19)7/h13,15-17,19H,8-12H2,1-7H3/t15?,16?,17-,19-/m0/s1. The minimum Gasteiger partial charge on any atom is -0.459 e. The molecule has 176 valence electrons. The summed E-state index contributed by atoms with van der Waals surface area (Å²) in [5, 5.41) is 9.52.